The number of ether oxygens (including phenoxy) is 1. The first-order valence-electron chi connectivity index (χ1n) is 8.78. The summed E-state index contributed by atoms with van der Waals surface area (Å²) in [5.41, 5.74) is 2.35. The summed E-state index contributed by atoms with van der Waals surface area (Å²) >= 11 is 0. The van der Waals surface area contributed by atoms with Crippen molar-refractivity contribution < 1.29 is 19.2 Å². The number of rotatable bonds is 6. The predicted octanol–water partition coefficient (Wildman–Crippen LogP) is 3.52. The Morgan fingerprint density at radius 3 is 2.59 bits per heavy atom. The molecule has 9 nitrogen and oxygen atoms in total. The lowest BCUT2D eigenvalue weighted by molar-refractivity contribution is -0.384. The van der Waals surface area contributed by atoms with Crippen LogP contribution in [0.2, 0.25) is 0 Å². The Bertz CT molecular complexity index is 1070. The molecule has 3 aromatic rings. The normalized spacial score (nSPS) is 10.4. The highest BCUT2D eigenvalue weighted by Gasteiger charge is 2.16. The minimum atomic E-state index is -0.526. The zero-order valence-corrected chi connectivity index (χ0v) is 15.8. The highest BCUT2D eigenvalue weighted by molar-refractivity contribution is 6.04. The van der Waals surface area contributed by atoms with Gasteiger partial charge in [0.15, 0.2) is 0 Å². The fraction of sp³-hybridized carbons (Fsp3) is 0.150. The maximum Gasteiger partial charge on any atom is 0.341 e. The number of nitro groups is 1. The zero-order valence-electron chi connectivity index (χ0n) is 15.8. The summed E-state index contributed by atoms with van der Waals surface area (Å²) in [6.07, 6.45) is 1.44. The highest BCUT2D eigenvalue weighted by Crippen LogP contribution is 2.20. The summed E-state index contributed by atoms with van der Waals surface area (Å²) in [6.45, 7) is 3.75. The number of nitrogens with one attached hydrogen (secondary N) is 1. The monoisotopic (exact) mass is 394 g/mol. The quantitative estimate of drug-likeness (QED) is 0.388. The van der Waals surface area contributed by atoms with E-state index in [-0.39, 0.29) is 12.3 Å². The molecular formula is C20H18N4O5. The van der Waals surface area contributed by atoms with E-state index in [1.165, 1.54) is 30.5 Å². The third-order valence-electron chi connectivity index (χ3n) is 4.19. The van der Waals surface area contributed by atoms with Gasteiger partial charge in [0, 0.05) is 23.4 Å². The molecule has 1 N–H and O–H groups in total. The van der Waals surface area contributed by atoms with E-state index < -0.39 is 16.8 Å². The van der Waals surface area contributed by atoms with E-state index in [1.807, 2.05) is 0 Å². The second-order valence-corrected chi connectivity index (χ2v) is 6.08. The maximum atomic E-state index is 12.4. The van der Waals surface area contributed by atoms with Crippen LogP contribution < -0.4 is 5.32 Å². The molecule has 0 saturated heterocycles. The second-order valence-electron chi connectivity index (χ2n) is 6.08. The van der Waals surface area contributed by atoms with Crippen molar-refractivity contribution in [3.05, 3.63) is 81.7 Å². The number of anilines is 1. The van der Waals surface area contributed by atoms with Crippen LogP contribution in [0.1, 0.15) is 33.3 Å². The third-order valence-corrected chi connectivity index (χ3v) is 4.19. The van der Waals surface area contributed by atoms with E-state index in [9.17, 15) is 19.7 Å². The van der Waals surface area contributed by atoms with Gasteiger partial charge in [-0.3, -0.25) is 14.9 Å². The summed E-state index contributed by atoms with van der Waals surface area (Å²) in [7, 11) is 0. The standard InChI is InChI=1S/C20H18N4O5/c1-3-29-20(26)18-12-21-23(13(18)2)17-6-4-5-15(11-17)22-19(25)14-7-9-16(10-8-14)24(27)28/h4-12H,3H2,1-2H3,(H,22,25). The molecule has 0 bridgehead atoms. The van der Waals surface area contributed by atoms with Gasteiger partial charge in [-0.05, 0) is 44.2 Å². The number of nitrogens with zero attached hydrogens (tertiary/aromatic N) is 3. The summed E-state index contributed by atoms with van der Waals surface area (Å²) in [5.74, 6) is -0.847. The number of hydrogen-bond donors (Lipinski definition) is 1. The molecule has 29 heavy (non-hydrogen) atoms. The van der Waals surface area contributed by atoms with Gasteiger partial charge in [-0.25, -0.2) is 9.48 Å². The van der Waals surface area contributed by atoms with Crippen LogP contribution in [0, 0.1) is 17.0 Å². The smallest absolute Gasteiger partial charge is 0.341 e. The Labute approximate surface area is 166 Å². The number of aromatic nitrogens is 2. The Hall–Kier alpha value is -4.01. The molecule has 3 rings (SSSR count). The molecule has 1 heterocycles. The third kappa shape index (κ3) is 4.29. The minimum absolute atomic E-state index is 0.0879. The van der Waals surface area contributed by atoms with Gasteiger partial charge in [0.1, 0.15) is 5.56 Å². The molecule has 0 fully saturated rings. The average molecular weight is 394 g/mol. The van der Waals surface area contributed by atoms with Crippen LogP contribution in [0.5, 0.6) is 0 Å². The lowest BCUT2D eigenvalue weighted by atomic mass is 10.2. The van der Waals surface area contributed by atoms with Crippen LogP contribution in [0.25, 0.3) is 5.69 Å². The van der Waals surface area contributed by atoms with Gasteiger partial charge in [-0.2, -0.15) is 5.10 Å². The minimum Gasteiger partial charge on any atom is -0.462 e. The summed E-state index contributed by atoms with van der Waals surface area (Å²) in [5, 5.41) is 17.7. The van der Waals surface area contributed by atoms with Crippen molar-refractivity contribution in [2.75, 3.05) is 11.9 Å². The van der Waals surface area contributed by atoms with E-state index >= 15 is 0 Å². The lowest BCUT2D eigenvalue weighted by Gasteiger charge is -2.09. The van der Waals surface area contributed by atoms with E-state index in [0.29, 0.717) is 28.2 Å². The van der Waals surface area contributed by atoms with Crippen LogP contribution >= 0.6 is 0 Å². The number of nitro benzene ring substituents is 1. The molecule has 9 heteroatoms. The Balaban J connectivity index is 1.80. The topological polar surface area (TPSA) is 116 Å². The molecule has 2 aromatic carbocycles. The Kier molecular flexibility index (Phi) is 5.68. The van der Waals surface area contributed by atoms with Crippen molar-refractivity contribution in [2.24, 2.45) is 0 Å². The number of benzene rings is 2. The van der Waals surface area contributed by atoms with E-state index in [2.05, 4.69) is 10.4 Å². The predicted molar refractivity (Wildman–Crippen MR) is 105 cm³/mol. The molecule has 0 radical (unpaired) electrons. The average Bonchev–Trinajstić information content (AvgIpc) is 3.10. The first-order chi connectivity index (χ1) is 13.9. The largest absolute Gasteiger partial charge is 0.462 e. The first kappa shape index (κ1) is 19.7. The summed E-state index contributed by atoms with van der Waals surface area (Å²) in [4.78, 5) is 34.6. The van der Waals surface area contributed by atoms with Gasteiger partial charge in [0.25, 0.3) is 11.6 Å². The molecular weight excluding hydrogens is 376 g/mol. The van der Waals surface area contributed by atoms with Gasteiger partial charge in [-0.15, -0.1) is 0 Å². The molecule has 0 saturated carbocycles. The number of carbonyl (C=O) groups excluding carboxylic acids is 2. The SMILES string of the molecule is CCOC(=O)c1cnn(-c2cccc(NC(=O)c3ccc([N+](=O)[O-])cc3)c2)c1C. The molecule has 0 aliphatic carbocycles. The molecule has 0 aliphatic rings. The van der Waals surface area contributed by atoms with Gasteiger partial charge >= 0.3 is 5.97 Å². The van der Waals surface area contributed by atoms with Gasteiger partial charge in [0.05, 0.1) is 29.1 Å². The molecule has 0 atom stereocenters. The molecule has 0 aliphatic heterocycles. The summed E-state index contributed by atoms with van der Waals surface area (Å²) < 4.78 is 6.59. The number of esters is 1. The maximum absolute atomic E-state index is 12.4. The Morgan fingerprint density at radius 2 is 1.93 bits per heavy atom. The second kappa shape index (κ2) is 8.34. The van der Waals surface area contributed by atoms with E-state index in [4.69, 9.17) is 4.74 Å². The molecule has 148 valence electrons. The molecule has 0 spiro atoms. The van der Waals surface area contributed by atoms with Crippen molar-refractivity contribution in [1.29, 1.82) is 0 Å². The van der Waals surface area contributed by atoms with Gasteiger partial charge in [0.2, 0.25) is 0 Å². The van der Waals surface area contributed by atoms with Crippen molar-refractivity contribution in [2.45, 2.75) is 13.8 Å². The highest BCUT2D eigenvalue weighted by atomic mass is 16.6. The Morgan fingerprint density at radius 1 is 1.21 bits per heavy atom. The number of carbonyl (C=O) groups is 2. The lowest BCUT2D eigenvalue weighted by Crippen LogP contribution is -2.12. The van der Waals surface area contributed by atoms with E-state index in [0.717, 1.165) is 0 Å². The number of hydrogen-bond acceptors (Lipinski definition) is 6. The van der Waals surface area contributed by atoms with Crippen molar-refractivity contribution >= 4 is 23.3 Å². The fourth-order valence-electron chi connectivity index (χ4n) is 2.73. The van der Waals surface area contributed by atoms with Crippen LogP contribution in [0.15, 0.2) is 54.7 Å². The molecule has 0 unspecified atom stereocenters. The van der Waals surface area contributed by atoms with E-state index in [1.54, 1.807) is 42.8 Å². The van der Waals surface area contributed by atoms with Crippen LogP contribution in [0.3, 0.4) is 0 Å². The number of non-ortho nitro benzene ring substituents is 1. The van der Waals surface area contributed by atoms with Crippen LogP contribution in [0.4, 0.5) is 11.4 Å². The molecule has 1 amide bonds. The molecule has 1 aromatic heterocycles. The van der Waals surface area contributed by atoms with Gasteiger partial charge < -0.3 is 10.1 Å². The van der Waals surface area contributed by atoms with Crippen LogP contribution in [-0.2, 0) is 4.74 Å². The van der Waals surface area contributed by atoms with Crippen molar-refractivity contribution in [3.8, 4) is 5.69 Å². The first-order valence-corrected chi connectivity index (χ1v) is 8.78. The summed E-state index contributed by atoms with van der Waals surface area (Å²) in [6, 6.07) is 12.3. The van der Waals surface area contributed by atoms with Gasteiger partial charge in [-0.1, -0.05) is 6.07 Å². The van der Waals surface area contributed by atoms with Crippen molar-refractivity contribution in [3.63, 3.8) is 0 Å². The fourth-order valence-corrected chi connectivity index (χ4v) is 2.73. The van der Waals surface area contributed by atoms with Crippen LogP contribution in [-0.4, -0.2) is 33.2 Å². The van der Waals surface area contributed by atoms with Crippen molar-refractivity contribution in [1.82, 2.24) is 9.78 Å². The zero-order chi connectivity index (χ0) is 21.0. The number of amides is 1.